The number of aryl methyl sites for hydroxylation is 1. The molecule has 20 heavy (non-hydrogen) atoms. The van der Waals surface area contributed by atoms with E-state index in [0.29, 0.717) is 17.3 Å². The lowest BCUT2D eigenvalue weighted by Gasteiger charge is -2.12. The number of benzene rings is 1. The van der Waals surface area contributed by atoms with E-state index in [1.54, 1.807) is 12.1 Å². The smallest absolute Gasteiger partial charge is 0.223 e. The maximum atomic E-state index is 13.8. The maximum absolute atomic E-state index is 13.8. The molecule has 0 unspecified atom stereocenters. The van der Waals surface area contributed by atoms with Crippen LogP contribution in [0.4, 0.5) is 27.7 Å². The van der Waals surface area contributed by atoms with Gasteiger partial charge in [0, 0.05) is 12.6 Å². The molecule has 1 heterocycles. The average molecular weight is 275 g/mol. The van der Waals surface area contributed by atoms with Crippen LogP contribution in [-0.4, -0.2) is 16.5 Å². The summed E-state index contributed by atoms with van der Waals surface area (Å²) in [5.74, 6) is 0.896. The summed E-state index contributed by atoms with van der Waals surface area (Å²) in [5, 5.41) is 6.08. The van der Waals surface area contributed by atoms with E-state index in [4.69, 9.17) is 5.73 Å². The van der Waals surface area contributed by atoms with E-state index in [2.05, 4.69) is 27.5 Å². The van der Waals surface area contributed by atoms with Gasteiger partial charge in [-0.05, 0) is 25.0 Å². The minimum absolute atomic E-state index is 0.141. The summed E-state index contributed by atoms with van der Waals surface area (Å²) in [5.41, 5.74) is 6.86. The number of para-hydroxylation sites is 1. The Hall–Kier alpha value is -2.37. The highest BCUT2D eigenvalue weighted by molar-refractivity contribution is 5.64. The second-order valence-corrected chi connectivity index (χ2v) is 4.48. The van der Waals surface area contributed by atoms with Crippen LogP contribution in [0.25, 0.3) is 0 Å². The summed E-state index contributed by atoms with van der Waals surface area (Å²) < 4.78 is 13.8. The van der Waals surface area contributed by atoms with Crippen molar-refractivity contribution in [2.24, 2.45) is 0 Å². The number of hydrogen-bond donors (Lipinski definition) is 3. The number of halogens is 1. The molecule has 2 aromatic rings. The first kappa shape index (κ1) is 14.0. The Morgan fingerprint density at radius 3 is 2.70 bits per heavy atom. The first-order chi connectivity index (χ1) is 9.60. The van der Waals surface area contributed by atoms with Crippen LogP contribution >= 0.6 is 0 Å². The molecular formula is C14H18FN5. The molecule has 0 saturated carbocycles. The molecular weight excluding hydrogens is 257 g/mol. The van der Waals surface area contributed by atoms with Crippen molar-refractivity contribution in [2.45, 2.75) is 20.3 Å². The van der Waals surface area contributed by atoms with Gasteiger partial charge in [0.1, 0.15) is 17.5 Å². The minimum atomic E-state index is -0.328. The van der Waals surface area contributed by atoms with Crippen LogP contribution in [0, 0.1) is 12.7 Å². The zero-order valence-corrected chi connectivity index (χ0v) is 11.6. The van der Waals surface area contributed by atoms with E-state index in [0.717, 1.165) is 18.5 Å². The SMILES string of the molecule is CCCNc1cc(Nc2c(C)cccc2F)nc(N)n1. The fraction of sp³-hybridized carbons (Fsp3) is 0.286. The van der Waals surface area contributed by atoms with E-state index in [9.17, 15) is 4.39 Å². The van der Waals surface area contributed by atoms with Gasteiger partial charge >= 0.3 is 0 Å². The summed E-state index contributed by atoms with van der Waals surface area (Å²) in [6.45, 7) is 4.67. The molecule has 0 saturated heterocycles. The molecule has 0 aliphatic carbocycles. The fourth-order valence-corrected chi connectivity index (χ4v) is 1.79. The lowest BCUT2D eigenvalue weighted by Crippen LogP contribution is -2.07. The Balaban J connectivity index is 2.27. The standard InChI is InChI=1S/C14H18FN5/c1-3-7-17-11-8-12(20-14(16)19-11)18-13-9(2)5-4-6-10(13)15/h4-6,8H,3,7H2,1-2H3,(H4,16,17,18,19,20). The molecule has 0 amide bonds. The third-order valence-corrected chi connectivity index (χ3v) is 2.77. The van der Waals surface area contributed by atoms with Crippen molar-refractivity contribution in [3.05, 3.63) is 35.6 Å². The van der Waals surface area contributed by atoms with Crippen molar-refractivity contribution in [3.8, 4) is 0 Å². The number of nitrogens with two attached hydrogens (primary N) is 1. The second kappa shape index (κ2) is 6.18. The largest absolute Gasteiger partial charge is 0.370 e. The first-order valence-electron chi connectivity index (χ1n) is 6.50. The average Bonchev–Trinajstić information content (AvgIpc) is 2.40. The monoisotopic (exact) mass is 275 g/mol. The van der Waals surface area contributed by atoms with Crippen molar-refractivity contribution in [1.29, 1.82) is 0 Å². The van der Waals surface area contributed by atoms with Gasteiger partial charge in [0.15, 0.2) is 0 Å². The first-order valence-corrected chi connectivity index (χ1v) is 6.50. The minimum Gasteiger partial charge on any atom is -0.370 e. The van der Waals surface area contributed by atoms with E-state index in [-0.39, 0.29) is 11.8 Å². The second-order valence-electron chi connectivity index (χ2n) is 4.48. The normalized spacial score (nSPS) is 10.3. The Labute approximate surface area is 117 Å². The topological polar surface area (TPSA) is 75.9 Å². The highest BCUT2D eigenvalue weighted by Crippen LogP contribution is 2.24. The highest BCUT2D eigenvalue weighted by Gasteiger charge is 2.08. The molecule has 106 valence electrons. The molecule has 5 nitrogen and oxygen atoms in total. The van der Waals surface area contributed by atoms with Crippen LogP contribution < -0.4 is 16.4 Å². The van der Waals surface area contributed by atoms with Gasteiger partial charge in [-0.2, -0.15) is 9.97 Å². The van der Waals surface area contributed by atoms with Gasteiger partial charge in [-0.15, -0.1) is 0 Å². The molecule has 1 aromatic heterocycles. The van der Waals surface area contributed by atoms with Gasteiger partial charge in [-0.3, -0.25) is 0 Å². The van der Waals surface area contributed by atoms with Crippen molar-refractivity contribution >= 4 is 23.3 Å². The number of rotatable bonds is 5. The number of nitrogens with one attached hydrogen (secondary N) is 2. The molecule has 4 N–H and O–H groups in total. The van der Waals surface area contributed by atoms with Gasteiger partial charge in [-0.1, -0.05) is 19.1 Å². The molecule has 1 aromatic carbocycles. The van der Waals surface area contributed by atoms with Gasteiger partial charge in [0.25, 0.3) is 0 Å². The number of hydrogen-bond acceptors (Lipinski definition) is 5. The Bertz CT molecular complexity index is 580. The zero-order chi connectivity index (χ0) is 14.5. The Morgan fingerprint density at radius 2 is 2.00 bits per heavy atom. The van der Waals surface area contributed by atoms with Crippen LogP contribution in [0.5, 0.6) is 0 Å². The van der Waals surface area contributed by atoms with Crippen LogP contribution in [0.2, 0.25) is 0 Å². The number of nitrogens with zero attached hydrogens (tertiary/aromatic N) is 2. The van der Waals surface area contributed by atoms with E-state index >= 15 is 0 Å². The highest BCUT2D eigenvalue weighted by atomic mass is 19.1. The molecule has 2 rings (SSSR count). The summed E-state index contributed by atoms with van der Waals surface area (Å²) in [7, 11) is 0. The summed E-state index contributed by atoms with van der Waals surface area (Å²) in [6, 6.07) is 6.60. The molecule has 6 heteroatoms. The molecule has 0 atom stereocenters. The summed E-state index contributed by atoms with van der Waals surface area (Å²) in [4.78, 5) is 8.15. The zero-order valence-electron chi connectivity index (χ0n) is 11.6. The predicted molar refractivity (Wildman–Crippen MR) is 79.6 cm³/mol. The number of aromatic nitrogens is 2. The van der Waals surface area contributed by atoms with Crippen molar-refractivity contribution in [2.75, 3.05) is 22.9 Å². The summed E-state index contributed by atoms with van der Waals surface area (Å²) in [6.07, 6.45) is 0.971. The molecule has 0 fully saturated rings. The van der Waals surface area contributed by atoms with Crippen molar-refractivity contribution in [3.63, 3.8) is 0 Å². The summed E-state index contributed by atoms with van der Waals surface area (Å²) >= 11 is 0. The molecule has 0 aliphatic rings. The van der Waals surface area contributed by atoms with Gasteiger partial charge < -0.3 is 16.4 Å². The predicted octanol–water partition coefficient (Wildman–Crippen LogP) is 3.07. The van der Waals surface area contributed by atoms with Gasteiger partial charge in [-0.25, -0.2) is 4.39 Å². The number of nitrogen functional groups attached to an aromatic ring is 1. The van der Waals surface area contributed by atoms with E-state index < -0.39 is 0 Å². The Kier molecular flexibility index (Phi) is 4.34. The molecule has 0 radical (unpaired) electrons. The third-order valence-electron chi connectivity index (χ3n) is 2.77. The maximum Gasteiger partial charge on any atom is 0.223 e. The van der Waals surface area contributed by atoms with Crippen molar-refractivity contribution in [1.82, 2.24) is 9.97 Å². The number of anilines is 4. The molecule has 0 bridgehead atoms. The van der Waals surface area contributed by atoms with Crippen LogP contribution in [0.3, 0.4) is 0 Å². The van der Waals surface area contributed by atoms with Gasteiger partial charge in [0.2, 0.25) is 5.95 Å². The van der Waals surface area contributed by atoms with Gasteiger partial charge in [0.05, 0.1) is 5.69 Å². The van der Waals surface area contributed by atoms with Crippen molar-refractivity contribution < 1.29 is 4.39 Å². The third kappa shape index (κ3) is 3.34. The lowest BCUT2D eigenvalue weighted by atomic mass is 10.2. The molecule has 0 spiro atoms. The van der Waals surface area contributed by atoms with Crippen LogP contribution in [0.15, 0.2) is 24.3 Å². The van der Waals surface area contributed by atoms with E-state index in [1.165, 1.54) is 6.07 Å². The van der Waals surface area contributed by atoms with Crippen LogP contribution in [-0.2, 0) is 0 Å². The van der Waals surface area contributed by atoms with E-state index in [1.807, 2.05) is 13.0 Å². The molecule has 0 aliphatic heterocycles. The fourth-order valence-electron chi connectivity index (χ4n) is 1.79. The quantitative estimate of drug-likeness (QED) is 0.782. The lowest BCUT2D eigenvalue weighted by molar-refractivity contribution is 0.631. The Morgan fingerprint density at radius 1 is 1.25 bits per heavy atom. The van der Waals surface area contributed by atoms with Crippen LogP contribution in [0.1, 0.15) is 18.9 Å².